The quantitative estimate of drug-likeness (QED) is 0.161. The van der Waals surface area contributed by atoms with Gasteiger partial charge in [-0.1, -0.05) is 171 Å². The lowest BCUT2D eigenvalue weighted by molar-refractivity contribution is 0.738. The van der Waals surface area contributed by atoms with E-state index in [4.69, 9.17) is 9.97 Å². The van der Waals surface area contributed by atoms with E-state index in [-0.39, 0.29) is 0 Å². The van der Waals surface area contributed by atoms with E-state index in [1.165, 1.54) is 27.1 Å². The van der Waals surface area contributed by atoms with Crippen LogP contribution in [0.1, 0.15) is 19.0 Å². The van der Waals surface area contributed by atoms with Crippen molar-refractivity contribution >= 4 is 49.2 Å². The Labute approximate surface area is 366 Å². The van der Waals surface area contributed by atoms with E-state index in [0.29, 0.717) is 5.92 Å². The van der Waals surface area contributed by atoms with Gasteiger partial charge in [-0.3, -0.25) is 9.13 Å². The number of allylic oxidation sites excluding steroid dienone is 4. The molecule has 0 amide bonds. The van der Waals surface area contributed by atoms with Crippen LogP contribution in [0.3, 0.4) is 0 Å². The number of rotatable bonds is 7. The lowest BCUT2D eigenvalue weighted by Crippen LogP contribution is -2.02. The van der Waals surface area contributed by atoms with Gasteiger partial charge in [0.2, 0.25) is 0 Å². The molecule has 1 unspecified atom stereocenters. The zero-order valence-electron chi connectivity index (χ0n) is 34.9. The van der Waals surface area contributed by atoms with Crippen LogP contribution in [0.5, 0.6) is 0 Å². The fourth-order valence-corrected chi connectivity index (χ4v) is 9.66. The molecule has 0 saturated carbocycles. The molecule has 1 atom stereocenters. The summed E-state index contributed by atoms with van der Waals surface area (Å²) in [6, 6.07) is 72.0. The largest absolute Gasteiger partial charge is 0.293 e. The first-order valence-electron chi connectivity index (χ1n) is 21.8. The average molecular weight is 807 g/mol. The van der Waals surface area contributed by atoms with Crippen LogP contribution >= 0.6 is 0 Å². The molecule has 0 fully saturated rings. The molecule has 0 radical (unpaired) electrons. The maximum Gasteiger partial charge on any atom is 0.138 e. The van der Waals surface area contributed by atoms with Crippen molar-refractivity contribution in [3.63, 3.8) is 0 Å². The smallest absolute Gasteiger partial charge is 0.138 e. The van der Waals surface area contributed by atoms with Crippen LogP contribution in [0.15, 0.2) is 218 Å². The number of nitrogens with zero attached hydrogens (tertiary/aromatic N) is 4. The third kappa shape index (κ3) is 6.30. The lowest BCUT2D eigenvalue weighted by atomic mass is 9.91. The summed E-state index contributed by atoms with van der Waals surface area (Å²) in [5, 5.41) is 4.77. The summed E-state index contributed by atoms with van der Waals surface area (Å²) >= 11 is 0. The van der Waals surface area contributed by atoms with Gasteiger partial charge in [0.25, 0.3) is 0 Å². The topological polar surface area (TPSA) is 35.6 Å². The molecule has 1 aliphatic carbocycles. The molecule has 7 aromatic carbocycles. The number of fused-ring (bicyclic) bond motifs is 6. The zero-order valence-corrected chi connectivity index (χ0v) is 34.9. The van der Waals surface area contributed by atoms with Gasteiger partial charge in [-0.2, -0.15) is 0 Å². The third-order valence-corrected chi connectivity index (χ3v) is 12.7. The van der Waals surface area contributed by atoms with E-state index < -0.39 is 0 Å². The van der Waals surface area contributed by atoms with Gasteiger partial charge in [0.1, 0.15) is 11.6 Å². The Balaban J connectivity index is 1.12. The second-order valence-electron chi connectivity index (χ2n) is 16.6. The van der Waals surface area contributed by atoms with Gasteiger partial charge in [0.05, 0.1) is 33.5 Å². The Morgan fingerprint density at radius 2 is 0.889 bits per heavy atom. The highest BCUT2D eigenvalue weighted by Crippen LogP contribution is 2.43. The van der Waals surface area contributed by atoms with Crippen molar-refractivity contribution in [3.05, 3.63) is 224 Å². The van der Waals surface area contributed by atoms with Crippen LogP contribution < -0.4 is 0 Å². The van der Waals surface area contributed by atoms with E-state index in [2.05, 4.69) is 228 Å². The average Bonchev–Trinajstić information content (AvgIpc) is 3.88. The van der Waals surface area contributed by atoms with Crippen LogP contribution in [-0.4, -0.2) is 19.1 Å². The molecule has 0 saturated heterocycles. The van der Waals surface area contributed by atoms with Crippen molar-refractivity contribution in [2.75, 3.05) is 0 Å². The summed E-state index contributed by atoms with van der Waals surface area (Å²) < 4.78 is 4.73. The van der Waals surface area contributed by atoms with E-state index >= 15 is 0 Å². The van der Waals surface area contributed by atoms with Gasteiger partial charge in [0.15, 0.2) is 0 Å². The molecular formula is C59H42N4. The Bertz CT molecular complexity index is 3610. The molecule has 0 bridgehead atoms. The fraction of sp³-hybridized carbons (Fsp3) is 0.0508. The summed E-state index contributed by atoms with van der Waals surface area (Å²) in [7, 11) is 0. The molecule has 11 aromatic rings. The molecule has 12 rings (SSSR count). The first-order valence-corrected chi connectivity index (χ1v) is 21.8. The molecule has 4 heterocycles. The van der Waals surface area contributed by atoms with E-state index in [0.717, 1.165) is 90.5 Å². The molecule has 63 heavy (non-hydrogen) atoms. The van der Waals surface area contributed by atoms with Crippen LogP contribution in [0.25, 0.3) is 105 Å². The first kappa shape index (κ1) is 36.7. The fourth-order valence-electron chi connectivity index (χ4n) is 9.66. The predicted octanol–water partition coefficient (Wildman–Crippen LogP) is 15.3. The highest BCUT2D eigenvalue weighted by molar-refractivity contribution is 6.16. The summed E-state index contributed by atoms with van der Waals surface area (Å²) in [6.45, 7) is 2.26. The Morgan fingerprint density at radius 3 is 1.46 bits per heavy atom. The van der Waals surface area contributed by atoms with Crippen LogP contribution in [0.4, 0.5) is 0 Å². The van der Waals surface area contributed by atoms with Crippen molar-refractivity contribution in [2.45, 2.75) is 13.3 Å². The number of pyridine rings is 2. The van der Waals surface area contributed by atoms with Crippen molar-refractivity contribution in [2.24, 2.45) is 5.92 Å². The maximum atomic E-state index is 5.38. The standard InChI is InChI=1S/C59H42N4/c1-39-32-34-42(35-33-39)53-27-15-31-57(61-53)63-55-29-11-9-21-49(55)51-25-13-23-47(59(51)63)45-37-43(40-16-4-2-5-17-40)36-44(38-45)46-22-12-24-50-48-20-8-10-28-54(48)62(58(46)50)56-30-14-26-52(60-56)41-18-6-3-7-19-41/h2-32,34-39H,33H2,1H3. The third-order valence-electron chi connectivity index (χ3n) is 12.7. The highest BCUT2D eigenvalue weighted by atomic mass is 15.1. The summed E-state index contributed by atoms with van der Waals surface area (Å²) in [4.78, 5) is 10.7. The molecule has 0 N–H and O–H groups in total. The molecule has 4 heteroatoms. The normalized spacial score (nSPS) is 13.9. The van der Waals surface area contributed by atoms with Gasteiger partial charge >= 0.3 is 0 Å². The zero-order chi connectivity index (χ0) is 41.9. The molecular weight excluding hydrogens is 765 g/mol. The van der Waals surface area contributed by atoms with E-state index in [9.17, 15) is 0 Å². The second kappa shape index (κ2) is 15.1. The molecule has 4 aromatic heterocycles. The number of hydrogen-bond acceptors (Lipinski definition) is 2. The molecule has 4 nitrogen and oxygen atoms in total. The number of aromatic nitrogens is 4. The molecule has 0 spiro atoms. The summed E-state index contributed by atoms with van der Waals surface area (Å²) in [5.74, 6) is 2.32. The van der Waals surface area contributed by atoms with Crippen LogP contribution in [0.2, 0.25) is 0 Å². The summed E-state index contributed by atoms with van der Waals surface area (Å²) in [5.41, 5.74) is 15.6. The van der Waals surface area contributed by atoms with Gasteiger partial charge in [0, 0.05) is 38.2 Å². The van der Waals surface area contributed by atoms with Crippen LogP contribution in [-0.2, 0) is 0 Å². The highest BCUT2D eigenvalue weighted by Gasteiger charge is 2.22. The monoisotopic (exact) mass is 806 g/mol. The van der Waals surface area contributed by atoms with Crippen molar-refractivity contribution in [1.82, 2.24) is 19.1 Å². The van der Waals surface area contributed by atoms with E-state index in [1.807, 2.05) is 6.07 Å². The number of hydrogen-bond donors (Lipinski definition) is 0. The van der Waals surface area contributed by atoms with Gasteiger partial charge < -0.3 is 0 Å². The first-order chi connectivity index (χ1) is 31.2. The van der Waals surface area contributed by atoms with Gasteiger partial charge in [-0.15, -0.1) is 0 Å². The second-order valence-corrected chi connectivity index (χ2v) is 16.6. The number of para-hydroxylation sites is 4. The predicted molar refractivity (Wildman–Crippen MR) is 263 cm³/mol. The lowest BCUT2D eigenvalue weighted by Gasteiger charge is -2.16. The SMILES string of the molecule is CC1C=CC(c2cccc(-n3c4ccccc4c4cccc(-c5cc(-c6ccccc6)cc(-c6cccc7c8ccccc8n(-c8cccc(-c9ccccc9)n8)c67)c5)c43)n2)=CC1. The molecule has 298 valence electrons. The minimum absolute atomic E-state index is 0.534. The molecule has 0 aliphatic heterocycles. The van der Waals surface area contributed by atoms with Crippen molar-refractivity contribution in [3.8, 4) is 56.3 Å². The van der Waals surface area contributed by atoms with Crippen LogP contribution in [0, 0.1) is 5.92 Å². The molecule has 1 aliphatic rings. The Kier molecular flexibility index (Phi) is 8.82. The minimum Gasteiger partial charge on any atom is -0.293 e. The maximum absolute atomic E-state index is 5.38. The Hall–Kier alpha value is -8.08. The van der Waals surface area contributed by atoms with Crippen molar-refractivity contribution < 1.29 is 0 Å². The summed E-state index contributed by atoms with van der Waals surface area (Å²) in [6.07, 6.45) is 7.85. The van der Waals surface area contributed by atoms with Gasteiger partial charge in [-0.05, 0) is 94.8 Å². The Morgan fingerprint density at radius 1 is 0.413 bits per heavy atom. The van der Waals surface area contributed by atoms with Gasteiger partial charge in [-0.25, -0.2) is 9.97 Å². The van der Waals surface area contributed by atoms with E-state index in [1.54, 1.807) is 0 Å². The number of benzene rings is 7. The minimum atomic E-state index is 0.534. The van der Waals surface area contributed by atoms with Crippen molar-refractivity contribution in [1.29, 1.82) is 0 Å².